The van der Waals surface area contributed by atoms with Crippen molar-refractivity contribution in [3.05, 3.63) is 0 Å². The van der Waals surface area contributed by atoms with Crippen LogP contribution in [0.2, 0.25) is 0 Å². The fourth-order valence-corrected chi connectivity index (χ4v) is 4.79. The summed E-state index contributed by atoms with van der Waals surface area (Å²) < 4.78 is 12.4. The summed E-state index contributed by atoms with van der Waals surface area (Å²) >= 11 is 0. The van der Waals surface area contributed by atoms with Crippen molar-refractivity contribution in [2.75, 3.05) is 5.75 Å². The molecule has 1 rings (SSSR count). The number of nitrogens with two attached hydrogens (primary N) is 1. The molecule has 5 atom stereocenters. The lowest BCUT2D eigenvalue weighted by molar-refractivity contribution is 0.313. The quantitative estimate of drug-likeness (QED) is 0.796. The van der Waals surface area contributed by atoms with Gasteiger partial charge in [-0.05, 0) is 31.1 Å². The first-order valence-corrected chi connectivity index (χ1v) is 8.59. The molecule has 2 nitrogen and oxygen atoms in total. The molecule has 2 N–H and O–H groups in total. The molecule has 1 fully saturated rings. The summed E-state index contributed by atoms with van der Waals surface area (Å²) in [6, 6.07) is 0.174. The van der Waals surface area contributed by atoms with Gasteiger partial charge in [0.05, 0.1) is 5.25 Å². The van der Waals surface area contributed by atoms with Gasteiger partial charge in [0.25, 0.3) is 0 Å². The van der Waals surface area contributed by atoms with Gasteiger partial charge in [0.1, 0.15) is 0 Å². The summed E-state index contributed by atoms with van der Waals surface area (Å²) in [5.41, 5.74) is 6.16. The van der Waals surface area contributed by atoms with Crippen LogP contribution in [0.4, 0.5) is 0 Å². The zero-order valence-corrected chi connectivity index (χ0v) is 12.5. The second-order valence-corrected chi connectivity index (χ2v) is 7.43. The Kier molecular flexibility index (Phi) is 6.71. The molecule has 1 aliphatic carbocycles. The first-order chi connectivity index (χ1) is 8.08. The second-order valence-electron chi connectivity index (χ2n) is 5.73. The van der Waals surface area contributed by atoms with Crippen LogP contribution in [0.15, 0.2) is 0 Å². The van der Waals surface area contributed by atoms with Gasteiger partial charge in [0.15, 0.2) is 0 Å². The second kappa shape index (κ2) is 7.52. The molecular formula is C14H29NOS. The van der Waals surface area contributed by atoms with Crippen LogP contribution in [-0.2, 0) is 10.8 Å². The summed E-state index contributed by atoms with van der Waals surface area (Å²) in [5, 5.41) is 0.259. The van der Waals surface area contributed by atoms with Gasteiger partial charge in [-0.15, -0.1) is 0 Å². The predicted octanol–water partition coefficient (Wildman–Crippen LogP) is 3.08. The molecule has 0 aromatic heterocycles. The van der Waals surface area contributed by atoms with Gasteiger partial charge in [-0.3, -0.25) is 4.21 Å². The molecule has 1 saturated carbocycles. The highest BCUT2D eigenvalue weighted by Gasteiger charge is 2.32. The average Bonchev–Trinajstić information content (AvgIpc) is 2.31. The Morgan fingerprint density at radius 3 is 2.65 bits per heavy atom. The van der Waals surface area contributed by atoms with E-state index in [9.17, 15) is 4.21 Å². The van der Waals surface area contributed by atoms with Crippen LogP contribution in [0, 0.1) is 11.8 Å². The maximum absolute atomic E-state index is 12.4. The molecule has 3 heteroatoms. The van der Waals surface area contributed by atoms with Crippen LogP contribution in [-0.4, -0.2) is 21.3 Å². The van der Waals surface area contributed by atoms with E-state index in [4.69, 9.17) is 5.73 Å². The van der Waals surface area contributed by atoms with Gasteiger partial charge in [0.2, 0.25) is 0 Å². The zero-order valence-electron chi connectivity index (χ0n) is 11.7. The highest BCUT2D eigenvalue weighted by molar-refractivity contribution is 7.85. The molecular weight excluding hydrogens is 230 g/mol. The van der Waals surface area contributed by atoms with Crippen LogP contribution in [0.25, 0.3) is 0 Å². The normalized spacial score (nSPS) is 33.3. The molecule has 0 bridgehead atoms. The Hall–Kier alpha value is 0.110. The molecule has 0 aromatic rings. The van der Waals surface area contributed by atoms with Crippen molar-refractivity contribution in [3.63, 3.8) is 0 Å². The van der Waals surface area contributed by atoms with Gasteiger partial charge in [-0.1, -0.05) is 40.0 Å². The molecule has 0 aliphatic heterocycles. The van der Waals surface area contributed by atoms with Gasteiger partial charge >= 0.3 is 0 Å². The van der Waals surface area contributed by atoms with Crippen molar-refractivity contribution in [2.24, 2.45) is 17.6 Å². The summed E-state index contributed by atoms with van der Waals surface area (Å²) in [7, 11) is -0.716. The molecule has 102 valence electrons. The maximum Gasteiger partial charge on any atom is 0.0501 e. The lowest BCUT2D eigenvalue weighted by Gasteiger charge is -2.34. The van der Waals surface area contributed by atoms with Crippen molar-refractivity contribution in [2.45, 2.75) is 70.6 Å². The number of rotatable bonds is 6. The molecule has 17 heavy (non-hydrogen) atoms. The van der Waals surface area contributed by atoms with Gasteiger partial charge in [0, 0.05) is 22.6 Å². The smallest absolute Gasteiger partial charge is 0.0501 e. The van der Waals surface area contributed by atoms with E-state index in [1.54, 1.807) is 0 Å². The van der Waals surface area contributed by atoms with E-state index in [-0.39, 0.29) is 11.3 Å². The third kappa shape index (κ3) is 4.70. The lowest BCUT2D eigenvalue weighted by atomic mass is 9.83. The summed E-state index contributed by atoms with van der Waals surface area (Å²) in [4.78, 5) is 0. The summed E-state index contributed by atoms with van der Waals surface area (Å²) in [6.07, 6.45) is 7.05. The minimum atomic E-state index is -0.716. The first kappa shape index (κ1) is 15.2. The molecule has 0 radical (unpaired) electrons. The first-order valence-electron chi connectivity index (χ1n) is 7.21. The molecule has 0 heterocycles. The van der Waals surface area contributed by atoms with Crippen LogP contribution in [0.5, 0.6) is 0 Å². The van der Waals surface area contributed by atoms with Gasteiger partial charge in [-0.2, -0.15) is 0 Å². The van der Waals surface area contributed by atoms with Crippen molar-refractivity contribution in [1.82, 2.24) is 0 Å². The fourth-order valence-electron chi connectivity index (χ4n) is 2.73. The minimum Gasteiger partial charge on any atom is -0.327 e. The van der Waals surface area contributed by atoms with E-state index in [1.165, 1.54) is 19.3 Å². The monoisotopic (exact) mass is 259 g/mol. The van der Waals surface area contributed by atoms with Crippen LogP contribution < -0.4 is 5.73 Å². The highest BCUT2D eigenvalue weighted by Crippen LogP contribution is 2.30. The van der Waals surface area contributed by atoms with Crippen LogP contribution >= 0.6 is 0 Å². The third-order valence-corrected chi connectivity index (χ3v) is 6.25. The highest BCUT2D eigenvalue weighted by atomic mass is 32.2. The minimum absolute atomic E-state index is 0.174. The van der Waals surface area contributed by atoms with Crippen molar-refractivity contribution < 1.29 is 4.21 Å². The van der Waals surface area contributed by atoms with E-state index < -0.39 is 10.8 Å². The fraction of sp³-hybridized carbons (Fsp3) is 1.00. The van der Waals surface area contributed by atoms with E-state index in [1.807, 2.05) is 0 Å². The predicted molar refractivity (Wildman–Crippen MR) is 76.5 cm³/mol. The Bertz CT molecular complexity index is 244. The molecule has 0 spiro atoms. The number of hydrogen-bond acceptors (Lipinski definition) is 2. The van der Waals surface area contributed by atoms with Crippen molar-refractivity contribution in [3.8, 4) is 0 Å². The Morgan fingerprint density at radius 2 is 2.06 bits per heavy atom. The maximum atomic E-state index is 12.4. The van der Waals surface area contributed by atoms with Gasteiger partial charge < -0.3 is 5.73 Å². The van der Waals surface area contributed by atoms with Crippen LogP contribution in [0.3, 0.4) is 0 Å². The Balaban J connectivity index is 2.51. The standard InChI is InChI=1S/C14H29NOS/c1-4-6-12-7-8-13(15)14(9-12)17(16)10-11(3)5-2/h11-14H,4-10,15H2,1-3H3. The van der Waals surface area contributed by atoms with Crippen LogP contribution in [0.1, 0.15) is 59.3 Å². The average molecular weight is 259 g/mol. The van der Waals surface area contributed by atoms with E-state index in [0.29, 0.717) is 5.92 Å². The molecule has 0 aromatic carbocycles. The zero-order chi connectivity index (χ0) is 12.8. The van der Waals surface area contributed by atoms with E-state index in [2.05, 4.69) is 20.8 Å². The number of hydrogen-bond donors (Lipinski definition) is 1. The van der Waals surface area contributed by atoms with E-state index >= 15 is 0 Å². The largest absolute Gasteiger partial charge is 0.327 e. The molecule has 1 aliphatic rings. The molecule has 5 unspecified atom stereocenters. The van der Waals surface area contributed by atoms with Crippen molar-refractivity contribution in [1.29, 1.82) is 0 Å². The Labute approximate surface area is 109 Å². The SMILES string of the molecule is CCCC1CCC(N)C(S(=O)CC(C)CC)C1. The topological polar surface area (TPSA) is 43.1 Å². The summed E-state index contributed by atoms with van der Waals surface area (Å²) in [6.45, 7) is 6.60. The third-order valence-electron chi connectivity index (χ3n) is 4.13. The summed E-state index contributed by atoms with van der Waals surface area (Å²) in [5.74, 6) is 2.17. The molecule has 0 saturated heterocycles. The van der Waals surface area contributed by atoms with E-state index in [0.717, 1.165) is 30.9 Å². The Morgan fingerprint density at radius 1 is 1.35 bits per heavy atom. The molecule has 0 amide bonds. The lowest BCUT2D eigenvalue weighted by Crippen LogP contribution is -2.44. The van der Waals surface area contributed by atoms with Crippen molar-refractivity contribution >= 4 is 10.8 Å². The van der Waals surface area contributed by atoms with Gasteiger partial charge in [-0.25, -0.2) is 0 Å².